The lowest BCUT2D eigenvalue weighted by Crippen LogP contribution is -2.52. The number of fused-ring (bicyclic) bond motifs is 3. The fraction of sp³-hybridized carbons (Fsp3) is 0.233. The van der Waals surface area contributed by atoms with Crippen molar-refractivity contribution in [3.8, 4) is 5.75 Å². The zero-order chi connectivity index (χ0) is 31.1. The van der Waals surface area contributed by atoms with Crippen LogP contribution in [0.15, 0.2) is 75.9 Å². The average Bonchev–Trinajstić information content (AvgIpc) is 2.98. The predicted octanol–water partition coefficient (Wildman–Crippen LogP) is 5.47. The molecule has 2 atom stereocenters. The SMILES string of the molecule is CCc1cc(=O)c2ccc3c(c2o1)[C@@H](OC(=O)c1ccc([N+](=O)[O-])cc1)[C@@H](OC(=O)c1ccc([N+](=O)[O-])cc1)C(C)(C)O3. The molecule has 1 aliphatic rings. The second-order valence-electron chi connectivity index (χ2n) is 10.2. The van der Waals surface area contributed by atoms with Crippen molar-refractivity contribution in [2.24, 2.45) is 0 Å². The molecule has 5 rings (SSSR count). The number of carbonyl (C=O) groups is 2. The number of carbonyl (C=O) groups excluding carboxylic acids is 2. The van der Waals surface area contributed by atoms with Gasteiger partial charge in [-0.25, -0.2) is 9.59 Å². The molecule has 43 heavy (non-hydrogen) atoms. The van der Waals surface area contributed by atoms with Crippen LogP contribution in [0.3, 0.4) is 0 Å². The lowest BCUT2D eigenvalue weighted by molar-refractivity contribution is -0.385. The Morgan fingerprint density at radius 3 is 1.91 bits per heavy atom. The number of aryl methyl sites for hydroxylation is 1. The van der Waals surface area contributed by atoms with Crippen molar-refractivity contribution in [3.05, 3.63) is 120 Å². The summed E-state index contributed by atoms with van der Waals surface area (Å²) < 4.78 is 24.1. The fourth-order valence-electron chi connectivity index (χ4n) is 4.79. The molecule has 0 saturated heterocycles. The summed E-state index contributed by atoms with van der Waals surface area (Å²) in [6.07, 6.45) is -2.30. The molecule has 0 N–H and O–H groups in total. The minimum atomic E-state index is -1.37. The van der Waals surface area contributed by atoms with Crippen LogP contribution in [0.2, 0.25) is 0 Å². The summed E-state index contributed by atoms with van der Waals surface area (Å²) in [4.78, 5) is 60.6. The van der Waals surface area contributed by atoms with E-state index in [9.17, 15) is 34.6 Å². The van der Waals surface area contributed by atoms with Crippen LogP contribution in [0.25, 0.3) is 11.0 Å². The molecule has 0 radical (unpaired) electrons. The third-order valence-corrected chi connectivity index (χ3v) is 7.01. The molecule has 4 aromatic rings. The van der Waals surface area contributed by atoms with Crippen molar-refractivity contribution < 1.29 is 38.1 Å². The third kappa shape index (κ3) is 5.52. The van der Waals surface area contributed by atoms with Gasteiger partial charge in [-0.3, -0.25) is 25.0 Å². The van der Waals surface area contributed by atoms with Crippen LogP contribution in [0.5, 0.6) is 5.75 Å². The highest BCUT2D eigenvalue weighted by Gasteiger charge is 2.50. The fourth-order valence-corrected chi connectivity index (χ4v) is 4.79. The van der Waals surface area contributed by atoms with Gasteiger partial charge in [-0.1, -0.05) is 6.92 Å². The van der Waals surface area contributed by atoms with Gasteiger partial charge < -0.3 is 18.6 Å². The first-order valence-electron chi connectivity index (χ1n) is 13.1. The van der Waals surface area contributed by atoms with E-state index < -0.39 is 39.6 Å². The van der Waals surface area contributed by atoms with Crippen LogP contribution in [0, 0.1) is 20.2 Å². The number of nitrogens with zero attached hydrogens (tertiary/aromatic N) is 2. The molecule has 0 fully saturated rings. The molecule has 0 amide bonds. The monoisotopic (exact) mass is 588 g/mol. The Morgan fingerprint density at radius 2 is 1.40 bits per heavy atom. The van der Waals surface area contributed by atoms with Gasteiger partial charge in [0.15, 0.2) is 17.6 Å². The number of esters is 2. The number of ether oxygens (including phenoxy) is 3. The van der Waals surface area contributed by atoms with Crippen molar-refractivity contribution in [2.45, 2.75) is 45.0 Å². The maximum absolute atomic E-state index is 13.4. The van der Waals surface area contributed by atoms with Gasteiger partial charge in [-0.05, 0) is 50.2 Å². The molecule has 220 valence electrons. The van der Waals surface area contributed by atoms with E-state index >= 15 is 0 Å². The van der Waals surface area contributed by atoms with Crippen molar-refractivity contribution in [3.63, 3.8) is 0 Å². The molecule has 0 saturated carbocycles. The molecule has 13 nitrogen and oxygen atoms in total. The number of nitro benzene ring substituents is 2. The van der Waals surface area contributed by atoms with Gasteiger partial charge in [0.25, 0.3) is 11.4 Å². The summed E-state index contributed by atoms with van der Waals surface area (Å²) in [6, 6.07) is 13.9. The molecular weight excluding hydrogens is 564 g/mol. The largest absolute Gasteiger partial charge is 0.483 e. The van der Waals surface area contributed by atoms with Crippen LogP contribution < -0.4 is 10.2 Å². The highest BCUT2D eigenvalue weighted by Crippen LogP contribution is 2.47. The molecule has 3 aromatic carbocycles. The van der Waals surface area contributed by atoms with Crippen molar-refractivity contribution in [2.75, 3.05) is 0 Å². The number of non-ortho nitro benzene ring substituents is 2. The van der Waals surface area contributed by atoms with Gasteiger partial charge in [0.05, 0.1) is 31.9 Å². The Kier molecular flexibility index (Phi) is 7.40. The lowest BCUT2D eigenvalue weighted by atomic mass is 9.87. The van der Waals surface area contributed by atoms with E-state index in [-0.39, 0.29) is 50.2 Å². The van der Waals surface area contributed by atoms with Crippen LogP contribution in [-0.4, -0.2) is 33.5 Å². The maximum atomic E-state index is 13.4. The molecule has 0 bridgehead atoms. The van der Waals surface area contributed by atoms with Crippen molar-refractivity contribution >= 4 is 34.3 Å². The van der Waals surface area contributed by atoms with Gasteiger partial charge >= 0.3 is 11.9 Å². The van der Waals surface area contributed by atoms with Crippen LogP contribution in [0.4, 0.5) is 11.4 Å². The second-order valence-corrected chi connectivity index (χ2v) is 10.2. The van der Waals surface area contributed by atoms with Gasteiger partial charge in [-0.2, -0.15) is 0 Å². The first-order chi connectivity index (χ1) is 20.4. The Morgan fingerprint density at radius 1 is 0.860 bits per heavy atom. The molecule has 1 aliphatic heterocycles. The summed E-state index contributed by atoms with van der Waals surface area (Å²) in [5.74, 6) is -1.20. The normalized spacial score (nSPS) is 16.9. The summed E-state index contributed by atoms with van der Waals surface area (Å²) in [5, 5.41) is 22.3. The minimum absolute atomic E-state index is 0.00892. The highest BCUT2D eigenvalue weighted by atomic mass is 16.6. The zero-order valence-corrected chi connectivity index (χ0v) is 23.1. The Bertz CT molecular complexity index is 1830. The maximum Gasteiger partial charge on any atom is 0.338 e. The lowest BCUT2D eigenvalue weighted by Gasteiger charge is -2.43. The van der Waals surface area contributed by atoms with Crippen LogP contribution in [0.1, 0.15) is 58.9 Å². The topological polar surface area (TPSA) is 178 Å². The molecule has 0 aliphatic carbocycles. The van der Waals surface area contributed by atoms with Gasteiger partial charge in [0.2, 0.25) is 0 Å². The molecule has 0 unspecified atom stereocenters. The van der Waals surface area contributed by atoms with Crippen LogP contribution >= 0.6 is 0 Å². The standard InChI is InChI=1S/C30H24N2O11/c1-4-20-15-22(33)21-13-14-23-24(25(21)40-20)26(41-28(34)16-5-9-18(10-6-16)31(36)37)27(30(2,3)43-23)42-29(35)17-7-11-19(12-8-17)32(38)39/h5-15,26-27H,4H2,1-3H3/t26-,27-/m1/s1. The summed E-state index contributed by atoms with van der Waals surface area (Å²) in [7, 11) is 0. The molecular formula is C30H24N2O11. The first kappa shape index (κ1) is 28.9. The zero-order valence-electron chi connectivity index (χ0n) is 23.1. The van der Waals surface area contributed by atoms with E-state index in [4.69, 9.17) is 18.6 Å². The number of nitro groups is 2. The van der Waals surface area contributed by atoms with Crippen molar-refractivity contribution in [1.82, 2.24) is 0 Å². The summed E-state index contributed by atoms with van der Waals surface area (Å²) >= 11 is 0. The predicted molar refractivity (Wildman–Crippen MR) is 150 cm³/mol. The van der Waals surface area contributed by atoms with Gasteiger partial charge in [0.1, 0.15) is 22.7 Å². The quantitative estimate of drug-likeness (QED) is 0.152. The summed E-state index contributed by atoms with van der Waals surface area (Å²) in [5.41, 5.74) is -1.90. The Labute approximate surface area is 242 Å². The molecule has 1 aromatic heterocycles. The van der Waals surface area contributed by atoms with E-state index in [0.29, 0.717) is 12.2 Å². The van der Waals surface area contributed by atoms with E-state index in [2.05, 4.69) is 0 Å². The van der Waals surface area contributed by atoms with E-state index in [1.165, 1.54) is 42.5 Å². The number of hydrogen-bond acceptors (Lipinski definition) is 11. The van der Waals surface area contributed by atoms with Gasteiger partial charge in [-0.15, -0.1) is 0 Å². The molecule has 0 spiro atoms. The third-order valence-electron chi connectivity index (χ3n) is 7.01. The highest BCUT2D eigenvalue weighted by molar-refractivity contribution is 5.92. The smallest absolute Gasteiger partial charge is 0.338 e. The molecule has 13 heteroatoms. The number of rotatable bonds is 7. The number of hydrogen-bond donors (Lipinski definition) is 0. The Balaban J connectivity index is 1.62. The van der Waals surface area contributed by atoms with Gasteiger partial charge in [0, 0.05) is 36.8 Å². The van der Waals surface area contributed by atoms with Crippen LogP contribution in [-0.2, 0) is 15.9 Å². The average molecular weight is 589 g/mol. The van der Waals surface area contributed by atoms with Crippen molar-refractivity contribution in [1.29, 1.82) is 0 Å². The number of benzene rings is 3. The van der Waals surface area contributed by atoms with E-state index in [0.717, 1.165) is 24.3 Å². The molecule has 2 heterocycles. The Hall–Kier alpha value is -5.59. The second kappa shape index (κ2) is 11.0. The first-order valence-corrected chi connectivity index (χ1v) is 13.1. The van der Waals surface area contributed by atoms with E-state index in [1.807, 2.05) is 0 Å². The van der Waals surface area contributed by atoms with E-state index in [1.54, 1.807) is 20.8 Å². The summed E-state index contributed by atoms with van der Waals surface area (Å²) in [6.45, 7) is 5.01. The minimum Gasteiger partial charge on any atom is -0.483 e.